The van der Waals surface area contributed by atoms with Crippen LogP contribution in [0.2, 0.25) is 0 Å². The first-order chi connectivity index (χ1) is 12.2. The second-order valence-corrected chi connectivity index (χ2v) is 8.59. The Hall–Kier alpha value is -1.73. The molecule has 0 N–H and O–H groups in total. The van der Waals surface area contributed by atoms with Crippen LogP contribution in [0.1, 0.15) is 40.0 Å². The summed E-state index contributed by atoms with van der Waals surface area (Å²) in [5, 5.41) is 1.99. The summed E-state index contributed by atoms with van der Waals surface area (Å²) in [6.07, 6.45) is 2.80. The topological polar surface area (TPSA) is 53.5 Å². The molecule has 2 atom stereocenters. The van der Waals surface area contributed by atoms with E-state index in [1.54, 1.807) is 28.2 Å². The molecule has 2 amide bonds. The van der Waals surface area contributed by atoms with E-state index < -0.39 is 0 Å². The molecular formula is C18H21N3O2S2. The molecule has 0 aliphatic carbocycles. The zero-order valence-corrected chi connectivity index (χ0v) is 15.8. The van der Waals surface area contributed by atoms with Gasteiger partial charge in [-0.2, -0.15) is 0 Å². The van der Waals surface area contributed by atoms with Crippen molar-refractivity contribution in [2.24, 2.45) is 5.92 Å². The molecule has 3 aliphatic heterocycles. The van der Waals surface area contributed by atoms with Crippen molar-refractivity contribution in [2.45, 2.75) is 38.8 Å². The van der Waals surface area contributed by atoms with Gasteiger partial charge in [-0.1, -0.05) is 6.92 Å². The van der Waals surface area contributed by atoms with Gasteiger partial charge in [-0.25, -0.2) is 4.98 Å². The fourth-order valence-electron chi connectivity index (χ4n) is 3.74. The van der Waals surface area contributed by atoms with E-state index in [0.717, 1.165) is 29.8 Å². The third-order valence-corrected chi connectivity index (χ3v) is 6.97. The molecule has 25 heavy (non-hydrogen) atoms. The normalized spacial score (nSPS) is 23.2. The van der Waals surface area contributed by atoms with Crippen LogP contribution in [0, 0.1) is 5.92 Å². The van der Waals surface area contributed by atoms with Crippen LogP contribution in [0.5, 0.6) is 0 Å². The highest BCUT2D eigenvalue weighted by Gasteiger charge is 2.42. The van der Waals surface area contributed by atoms with Crippen molar-refractivity contribution in [2.75, 3.05) is 13.1 Å². The molecule has 0 radical (unpaired) electrons. The lowest BCUT2D eigenvalue weighted by atomic mass is 9.94. The maximum atomic E-state index is 12.9. The predicted molar refractivity (Wildman–Crippen MR) is 98.8 cm³/mol. The van der Waals surface area contributed by atoms with Gasteiger partial charge < -0.3 is 9.80 Å². The average molecular weight is 376 g/mol. The fraction of sp³-hybridized carbons (Fsp3) is 0.500. The Labute approximate surface area is 155 Å². The number of nitrogens with zero attached hydrogens (tertiary/aromatic N) is 3. The molecule has 0 spiro atoms. The molecular weight excluding hydrogens is 354 g/mol. The summed E-state index contributed by atoms with van der Waals surface area (Å²) in [5.41, 5.74) is 2.74. The predicted octanol–water partition coefficient (Wildman–Crippen LogP) is 3.03. The summed E-state index contributed by atoms with van der Waals surface area (Å²) in [7, 11) is 0. The van der Waals surface area contributed by atoms with Crippen molar-refractivity contribution in [3.05, 3.63) is 38.5 Å². The Morgan fingerprint density at radius 2 is 2.20 bits per heavy atom. The summed E-state index contributed by atoms with van der Waals surface area (Å²) in [5.74, 6) is 0.178. The monoisotopic (exact) mass is 375 g/mol. The Morgan fingerprint density at radius 1 is 1.32 bits per heavy atom. The summed E-state index contributed by atoms with van der Waals surface area (Å²) < 4.78 is 0. The van der Waals surface area contributed by atoms with Crippen LogP contribution >= 0.6 is 22.7 Å². The van der Waals surface area contributed by atoms with Crippen LogP contribution < -0.4 is 0 Å². The van der Waals surface area contributed by atoms with E-state index in [0.29, 0.717) is 19.6 Å². The van der Waals surface area contributed by atoms with Crippen molar-refractivity contribution in [3.63, 3.8) is 0 Å². The largest absolute Gasteiger partial charge is 0.335 e. The van der Waals surface area contributed by atoms with E-state index in [-0.39, 0.29) is 23.8 Å². The van der Waals surface area contributed by atoms with E-state index in [4.69, 9.17) is 0 Å². The highest BCUT2D eigenvalue weighted by molar-refractivity contribution is 7.14. The van der Waals surface area contributed by atoms with Gasteiger partial charge in [0, 0.05) is 29.4 Å². The van der Waals surface area contributed by atoms with Gasteiger partial charge in [0.25, 0.3) is 5.91 Å². The number of hydrogen-bond acceptors (Lipinski definition) is 5. The molecule has 5 heterocycles. The summed E-state index contributed by atoms with van der Waals surface area (Å²) in [6.45, 7) is 3.83. The Bertz CT molecular complexity index is 771. The molecule has 3 fully saturated rings. The smallest absolute Gasteiger partial charge is 0.264 e. The lowest BCUT2D eigenvalue weighted by Crippen LogP contribution is -2.47. The van der Waals surface area contributed by atoms with Gasteiger partial charge in [-0.15, -0.1) is 22.7 Å². The van der Waals surface area contributed by atoms with Crippen LogP contribution in [-0.2, 0) is 17.8 Å². The molecule has 132 valence electrons. The SMILES string of the molecule is CCc1ccc(C(=O)N2C[C@H]3CC[C@@H](C2)N(Cc2cscn2)C3=O)s1. The second-order valence-electron chi connectivity index (χ2n) is 6.70. The molecule has 0 aromatic carbocycles. The zero-order chi connectivity index (χ0) is 17.4. The molecule has 5 nitrogen and oxygen atoms in total. The van der Waals surface area contributed by atoms with E-state index in [9.17, 15) is 9.59 Å². The van der Waals surface area contributed by atoms with Crippen LogP contribution in [-0.4, -0.2) is 45.7 Å². The molecule has 5 rings (SSSR count). The number of fused-ring (bicyclic) bond motifs is 4. The first kappa shape index (κ1) is 16.7. The van der Waals surface area contributed by atoms with E-state index in [2.05, 4.69) is 11.9 Å². The van der Waals surface area contributed by atoms with Gasteiger partial charge in [0.2, 0.25) is 5.91 Å². The third kappa shape index (κ3) is 3.22. The minimum atomic E-state index is -0.0769. The van der Waals surface area contributed by atoms with Crippen LogP contribution in [0.25, 0.3) is 0 Å². The minimum Gasteiger partial charge on any atom is -0.335 e. The number of amides is 2. The summed E-state index contributed by atoms with van der Waals surface area (Å²) in [6, 6.07) is 4.06. The first-order valence-electron chi connectivity index (χ1n) is 8.71. The standard InChI is InChI=1S/C18H21N3O2S2/c1-2-15-5-6-16(25-15)18(23)20-7-12-3-4-14(9-20)21(17(12)22)8-13-10-24-11-19-13/h5-6,10-12,14H,2-4,7-9H2,1H3/t12-,14+/m1/s1. The number of carbonyl (C=O) groups is 2. The third-order valence-electron chi connectivity index (χ3n) is 5.12. The van der Waals surface area contributed by atoms with Gasteiger partial charge >= 0.3 is 0 Å². The number of piperidine rings is 1. The number of aryl methyl sites for hydroxylation is 1. The van der Waals surface area contributed by atoms with Crippen LogP contribution in [0.15, 0.2) is 23.0 Å². The number of thiazole rings is 1. The van der Waals surface area contributed by atoms with Crippen molar-refractivity contribution in [1.29, 1.82) is 0 Å². The zero-order valence-electron chi connectivity index (χ0n) is 14.2. The number of hydrogen-bond donors (Lipinski definition) is 0. The first-order valence-corrected chi connectivity index (χ1v) is 10.5. The summed E-state index contributed by atoms with van der Waals surface area (Å²) in [4.78, 5) is 36.0. The van der Waals surface area contributed by atoms with E-state index >= 15 is 0 Å². The lowest BCUT2D eigenvalue weighted by molar-refractivity contribution is -0.140. The maximum Gasteiger partial charge on any atom is 0.264 e. The highest BCUT2D eigenvalue weighted by Crippen LogP contribution is 2.31. The van der Waals surface area contributed by atoms with Gasteiger partial charge in [-0.05, 0) is 31.4 Å². The molecule has 7 heteroatoms. The van der Waals surface area contributed by atoms with Crippen molar-refractivity contribution >= 4 is 34.5 Å². The Balaban J connectivity index is 1.54. The van der Waals surface area contributed by atoms with Gasteiger partial charge in [0.05, 0.1) is 28.5 Å². The summed E-state index contributed by atoms with van der Waals surface area (Å²) >= 11 is 3.12. The minimum absolute atomic E-state index is 0.0740. The van der Waals surface area contributed by atoms with E-state index in [1.807, 2.05) is 27.3 Å². The maximum absolute atomic E-state index is 12.9. The lowest BCUT2D eigenvalue weighted by Gasteiger charge is -2.35. The van der Waals surface area contributed by atoms with Gasteiger partial charge in [-0.3, -0.25) is 9.59 Å². The molecule has 2 aromatic heterocycles. The average Bonchev–Trinajstić information content (AvgIpc) is 3.23. The molecule has 0 unspecified atom stereocenters. The molecule has 2 aromatic rings. The van der Waals surface area contributed by atoms with Crippen LogP contribution in [0.3, 0.4) is 0 Å². The molecule has 3 saturated heterocycles. The Morgan fingerprint density at radius 3 is 2.92 bits per heavy atom. The number of aromatic nitrogens is 1. The molecule has 0 saturated carbocycles. The highest BCUT2D eigenvalue weighted by atomic mass is 32.1. The molecule has 2 bridgehead atoms. The quantitative estimate of drug-likeness (QED) is 0.825. The van der Waals surface area contributed by atoms with Gasteiger partial charge in [0.15, 0.2) is 0 Å². The van der Waals surface area contributed by atoms with E-state index in [1.165, 1.54) is 4.88 Å². The number of carbonyl (C=O) groups excluding carboxylic acids is 2. The fourth-order valence-corrected chi connectivity index (χ4v) is 5.21. The van der Waals surface area contributed by atoms with Crippen molar-refractivity contribution < 1.29 is 9.59 Å². The van der Waals surface area contributed by atoms with Crippen molar-refractivity contribution in [1.82, 2.24) is 14.8 Å². The number of thiophene rings is 1. The van der Waals surface area contributed by atoms with Crippen LogP contribution in [0.4, 0.5) is 0 Å². The van der Waals surface area contributed by atoms with Gasteiger partial charge in [0.1, 0.15) is 0 Å². The molecule has 3 aliphatic rings. The number of rotatable bonds is 4. The Kier molecular flexibility index (Phi) is 4.60. The second kappa shape index (κ2) is 6.88. The van der Waals surface area contributed by atoms with Crippen molar-refractivity contribution in [3.8, 4) is 0 Å².